The summed E-state index contributed by atoms with van der Waals surface area (Å²) in [6.07, 6.45) is 5.20. The van der Waals surface area contributed by atoms with Crippen LogP contribution in [0, 0.1) is 5.92 Å². The number of pyridine rings is 1. The van der Waals surface area contributed by atoms with Gasteiger partial charge in [-0.2, -0.15) is 0 Å². The van der Waals surface area contributed by atoms with Crippen LogP contribution in [0.3, 0.4) is 0 Å². The third-order valence-electron chi connectivity index (χ3n) is 3.83. The molecule has 122 valence electrons. The standard InChI is InChI=1S/C17H17N5O2/c1-11(7-18)10-23-17-3-2-16-20-9-13(22(16)21-17)15-6-12-8-19-5-4-14(12)24-15/h2-6,8-9,11H,7,10,18H2,1H3/t11-/m0/s1. The van der Waals surface area contributed by atoms with Crippen molar-refractivity contribution < 1.29 is 9.15 Å². The van der Waals surface area contributed by atoms with Gasteiger partial charge in [0, 0.05) is 29.8 Å². The lowest BCUT2D eigenvalue weighted by Crippen LogP contribution is -2.18. The van der Waals surface area contributed by atoms with E-state index in [1.807, 2.05) is 25.1 Å². The number of furan rings is 1. The Hall–Kier alpha value is -2.93. The van der Waals surface area contributed by atoms with Gasteiger partial charge in [-0.05, 0) is 24.7 Å². The Morgan fingerprint density at radius 3 is 3.04 bits per heavy atom. The van der Waals surface area contributed by atoms with Gasteiger partial charge in [-0.1, -0.05) is 6.92 Å². The summed E-state index contributed by atoms with van der Waals surface area (Å²) in [4.78, 5) is 8.47. The molecule has 4 aromatic rings. The SMILES string of the molecule is C[C@@H](CN)COc1ccc2ncc(-c3cc4cnccc4o3)n2n1. The summed E-state index contributed by atoms with van der Waals surface area (Å²) in [5.41, 5.74) is 7.88. The van der Waals surface area contributed by atoms with E-state index in [2.05, 4.69) is 15.1 Å². The third kappa shape index (κ3) is 2.59. The number of nitrogens with zero attached hydrogens (tertiary/aromatic N) is 4. The van der Waals surface area contributed by atoms with Crippen molar-refractivity contribution in [3.63, 3.8) is 0 Å². The molecule has 0 saturated heterocycles. The highest BCUT2D eigenvalue weighted by Gasteiger charge is 2.13. The summed E-state index contributed by atoms with van der Waals surface area (Å²) in [6, 6.07) is 7.43. The third-order valence-corrected chi connectivity index (χ3v) is 3.83. The first-order chi connectivity index (χ1) is 11.7. The van der Waals surface area contributed by atoms with Crippen LogP contribution in [0.2, 0.25) is 0 Å². The largest absolute Gasteiger partial charge is 0.476 e. The number of hydrogen-bond acceptors (Lipinski definition) is 6. The summed E-state index contributed by atoms with van der Waals surface area (Å²) < 4.78 is 13.3. The predicted octanol–water partition coefficient (Wildman–Crippen LogP) is 2.51. The molecule has 4 aromatic heterocycles. The zero-order valence-electron chi connectivity index (χ0n) is 13.2. The molecule has 0 aliphatic rings. The molecular formula is C17H17N5O2. The van der Waals surface area contributed by atoms with Gasteiger partial charge in [0.25, 0.3) is 0 Å². The number of ether oxygens (including phenoxy) is 1. The Kier molecular flexibility index (Phi) is 3.62. The van der Waals surface area contributed by atoms with Crippen molar-refractivity contribution in [2.24, 2.45) is 11.7 Å². The van der Waals surface area contributed by atoms with Crippen LogP contribution in [0.15, 0.2) is 47.3 Å². The average Bonchev–Trinajstić information content (AvgIpc) is 3.22. The zero-order chi connectivity index (χ0) is 16.5. The Morgan fingerprint density at radius 1 is 1.29 bits per heavy atom. The molecule has 0 unspecified atom stereocenters. The molecule has 0 radical (unpaired) electrons. The first-order valence-electron chi connectivity index (χ1n) is 7.76. The minimum Gasteiger partial charge on any atom is -0.476 e. The van der Waals surface area contributed by atoms with Gasteiger partial charge in [-0.15, -0.1) is 5.10 Å². The number of fused-ring (bicyclic) bond motifs is 2. The van der Waals surface area contributed by atoms with Gasteiger partial charge in [0.15, 0.2) is 11.4 Å². The first-order valence-corrected chi connectivity index (χ1v) is 7.76. The minimum atomic E-state index is 0.271. The maximum absolute atomic E-state index is 5.88. The molecule has 0 aliphatic heterocycles. The van der Waals surface area contributed by atoms with Gasteiger partial charge in [0.05, 0.1) is 12.8 Å². The molecule has 0 saturated carbocycles. The highest BCUT2D eigenvalue weighted by Crippen LogP contribution is 2.27. The highest BCUT2D eigenvalue weighted by molar-refractivity contribution is 5.81. The van der Waals surface area contributed by atoms with Crippen molar-refractivity contribution >= 4 is 16.6 Å². The molecular weight excluding hydrogens is 306 g/mol. The van der Waals surface area contributed by atoms with Gasteiger partial charge < -0.3 is 14.9 Å². The van der Waals surface area contributed by atoms with Crippen LogP contribution in [-0.2, 0) is 0 Å². The molecule has 24 heavy (non-hydrogen) atoms. The molecule has 0 bridgehead atoms. The van der Waals surface area contributed by atoms with E-state index < -0.39 is 0 Å². The summed E-state index contributed by atoms with van der Waals surface area (Å²) >= 11 is 0. The number of nitrogens with two attached hydrogens (primary N) is 1. The van der Waals surface area contributed by atoms with Gasteiger partial charge in [0.1, 0.15) is 11.3 Å². The molecule has 4 rings (SSSR count). The van der Waals surface area contributed by atoms with E-state index in [1.54, 1.807) is 29.2 Å². The topological polar surface area (TPSA) is 91.5 Å². The molecule has 0 spiro atoms. The molecule has 7 nitrogen and oxygen atoms in total. The Labute approximate surface area is 138 Å². The smallest absolute Gasteiger partial charge is 0.231 e. The first kappa shape index (κ1) is 14.6. The van der Waals surface area contributed by atoms with Crippen molar-refractivity contribution in [3.05, 3.63) is 42.9 Å². The van der Waals surface area contributed by atoms with Crippen molar-refractivity contribution in [3.8, 4) is 17.3 Å². The number of hydrogen-bond donors (Lipinski definition) is 1. The number of imidazole rings is 1. The average molecular weight is 323 g/mol. The fourth-order valence-electron chi connectivity index (χ4n) is 2.41. The van der Waals surface area contributed by atoms with Crippen LogP contribution in [0.1, 0.15) is 6.92 Å². The second-order valence-corrected chi connectivity index (χ2v) is 5.76. The Bertz CT molecular complexity index is 958. The van der Waals surface area contributed by atoms with E-state index in [1.165, 1.54) is 0 Å². The predicted molar refractivity (Wildman–Crippen MR) is 89.7 cm³/mol. The van der Waals surface area contributed by atoms with Crippen LogP contribution >= 0.6 is 0 Å². The Balaban J connectivity index is 1.72. The molecule has 7 heteroatoms. The molecule has 0 aromatic carbocycles. The van der Waals surface area contributed by atoms with Crippen LogP contribution in [0.4, 0.5) is 0 Å². The Morgan fingerprint density at radius 2 is 2.21 bits per heavy atom. The van der Waals surface area contributed by atoms with Gasteiger partial charge in [0.2, 0.25) is 5.88 Å². The van der Waals surface area contributed by atoms with E-state index in [0.29, 0.717) is 24.8 Å². The zero-order valence-corrected chi connectivity index (χ0v) is 13.2. The van der Waals surface area contributed by atoms with Crippen molar-refractivity contribution in [2.75, 3.05) is 13.2 Å². The van der Waals surface area contributed by atoms with E-state index in [9.17, 15) is 0 Å². The summed E-state index contributed by atoms with van der Waals surface area (Å²) in [6.45, 7) is 3.13. The van der Waals surface area contributed by atoms with E-state index >= 15 is 0 Å². The number of rotatable bonds is 5. The summed E-state index contributed by atoms with van der Waals surface area (Å²) in [5.74, 6) is 1.48. The van der Waals surface area contributed by atoms with Crippen molar-refractivity contribution in [1.82, 2.24) is 19.6 Å². The van der Waals surface area contributed by atoms with Crippen molar-refractivity contribution in [2.45, 2.75) is 6.92 Å². The summed E-state index contributed by atoms with van der Waals surface area (Å²) in [7, 11) is 0. The maximum Gasteiger partial charge on any atom is 0.231 e. The molecule has 0 aliphatic carbocycles. The molecule has 4 heterocycles. The quantitative estimate of drug-likeness (QED) is 0.607. The number of aromatic nitrogens is 4. The fourth-order valence-corrected chi connectivity index (χ4v) is 2.41. The molecule has 2 N–H and O–H groups in total. The van der Waals surface area contributed by atoms with Crippen LogP contribution in [0.25, 0.3) is 28.1 Å². The lowest BCUT2D eigenvalue weighted by molar-refractivity contribution is 0.251. The van der Waals surface area contributed by atoms with Crippen LogP contribution in [-0.4, -0.2) is 32.7 Å². The lowest BCUT2D eigenvalue weighted by atomic mass is 10.2. The van der Waals surface area contributed by atoms with Crippen LogP contribution < -0.4 is 10.5 Å². The van der Waals surface area contributed by atoms with E-state index in [-0.39, 0.29) is 5.92 Å². The second kappa shape index (κ2) is 5.93. The molecule has 0 amide bonds. The molecule has 0 fully saturated rings. The van der Waals surface area contributed by atoms with Gasteiger partial charge in [-0.3, -0.25) is 4.98 Å². The van der Waals surface area contributed by atoms with Crippen molar-refractivity contribution in [1.29, 1.82) is 0 Å². The maximum atomic E-state index is 5.88. The lowest BCUT2D eigenvalue weighted by Gasteiger charge is -2.10. The summed E-state index contributed by atoms with van der Waals surface area (Å²) in [5, 5.41) is 5.44. The van der Waals surface area contributed by atoms with Gasteiger partial charge in [-0.25, -0.2) is 9.50 Å². The fraction of sp³-hybridized carbons (Fsp3) is 0.235. The van der Waals surface area contributed by atoms with Crippen LogP contribution in [0.5, 0.6) is 5.88 Å². The minimum absolute atomic E-state index is 0.271. The molecule has 1 atom stereocenters. The van der Waals surface area contributed by atoms with E-state index in [4.69, 9.17) is 14.9 Å². The van der Waals surface area contributed by atoms with Gasteiger partial charge >= 0.3 is 0 Å². The monoisotopic (exact) mass is 323 g/mol. The normalized spacial score (nSPS) is 12.8. The second-order valence-electron chi connectivity index (χ2n) is 5.76. The highest BCUT2D eigenvalue weighted by atomic mass is 16.5. The van der Waals surface area contributed by atoms with E-state index in [0.717, 1.165) is 22.3 Å².